The number of hydrogen-bond donors (Lipinski definition) is 0. The smallest absolute Gasteiger partial charge is 0.227 e. The third kappa shape index (κ3) is 3.69. The van der Waals surface area contributed by atoms with Crippen LogP contribution in [-0.4, -0.2) is 42.3 Å². The van der Waals surface area contributed by atoms with E-state index in [4.69, 9.17) is 11.6 Å². The molecular formula is C16H21ClFNO3S. The number of amides is 1. The van der Waals surface area contributed by atoms with Crippen LogP contribution in [0.5, 0.6) is 0 Å². The van der Waals surface area contributed by atoms with Gasteiger partial charge in [0.1, 0.15) is 5.82 Å². The molecule has 4 nitrogen and oxygen atoms in total. The maximum atomic E-state index is 13.8. The predicted molar refractivity (Wildman–Crippen MR) is 88.8 cm³/mol. The first kappa shape index (κ1) is 18.2. The molecule has 7 heteroatoms. The summed E-state index contributed by atoms with van der Waals surface area (Å²) in [4.78, 5) is 13.8. The van der Waals surface area contributed by atoms with Crippen LogP contribution >= 0.6 is 11.6 Å². The quantitative estimate of drug-likeness (QED) is 0.831. The van der Waals surface area contributed by atoms with Crippen LogP contribution in [-0.2, 0) is 21.1 Å². The summed E-state index contributed by atoms with van der Waals surface area (Å²) in [6, 6.07) is 4.27. The molecule has 0 aliphatic carbocycles. The van der Waals surface area contributed by atoms with Crippen LogP contribution in [0.3, 0.4) is 0 Å². The molecule has 128 valence electrons. The van der Waals surface area contributed by atoms with Gasteiger partial charge in [0.25, 0.3) is 0 Å². The summed E-state index contributed by atoms with van der Waals surface area (Å²) in [5.74, 6) is -0.826. The molecule has 1 aliphatic rings. The second-order valence-corrected chi connectivity index (χ2v) is 10.2. The molecule has 0 aromatic heterocycles. The molecule has 1 heterocycles. The Morgan fingerprint density at radius 1 is 1.39 bits per heavy atom. The summed E-state index contributed by atoms with van der Waals surface area (Å²) in [7, 11) is -3.33. The maximum Gasteiger partial charge on any atom is 0.227 e. The lowest BCUT2D eigenvalue weighted by Crippen LogP contribution is -2.40. The Morgan fingerprint density at radius 3 is 2.61 bits per heavy atom. The highest BCUT2D eigenvalue weighted by atomic mass is 35.5. The van der Waals surface area contributed by atoms with Gasteiger partial charge in [-0.1, -0.05) is 17.7 Å². The van der Waals surface area contributed by atoms with Crippen molar-refractivity contribution < 1.29 is 17.6 Å². The van der Waals surface area contributed by atoms with Gasteiger partial charge < -0.3 is 4.90 Å². The second-order valence-electron chi connectivity index (χ2n) is 6.78. The van der Waals surface area contributed by atoms with Crippen LogP contribution in [0, 0.1) is 5.82 Å². The number of benzene rings is 1. The van der Waals surface area contributed by atoms with Crippen molar-refractivity contribution in [1.29, 1.82) is 0 Å². The summed E-state index contributed by atoms with van der Waals surface area (Å²) in [6.07, 6.45) is 0.254. The average molecular weight is 362 g/mol. The standard InChI is InChI=1S/C16H21ClFNO3S/c1-16(2,3)23(21,22)11-7-8-19(10-11)15(20)9-12-13(17)5-4-6-14(12)18/h4-6,11H,7-10H2,1-3H3. The van der Waals surface area contributed by atoms with Gasteiger partial charge in [-0.2, -0.15) is 0 Å². The molecule has 1 aliphatic heterocycles. The second kappa shape index (κ2) is 6.40. The van der Waals surface area contributed by atoms with Crippen molar-refractivity contribution in [2.45, 2.75) is 43.6 Å². The Hall–Kier alpha value is -1.14. The molecule has 0 N–H and O–H groups in total. The fourth-order valence-electron chi connectivity index (χ4n) is 2.67. The molecular weight excluding hydrogens is 341 g/mol. The third-order valence-electron chi connectivity index (χ3n) is 4.18. The highest BCUT2D eigenvalue weighted by molar-refractivity contribution is 7.93. The molecule has 0 bridgehead atoms. The van der Waals surface area contributed by atoms with Crippen molar-refractivity contribution in [3.05, 3.63) is 34.6 Å². The molecule has 0 saturated carbocycles. The normalized spacial score (nSPS) is 19.2. The van der Waals surface area contributed by atoms with E-state index in [2.05, 4.69) is 0 Å². The Bertz CT molecular complexity index is 692. The number of sulfone groups is 1. The lowest BCUT2D eigenvalue weighted by Gasteiger charge is -2.24. The van der Waals surface area contributed by atoms with E-state index in [1.54, 1.807) is 20.8 Å². The first-order valence-corrected chi connectivity index (χ1v) is 9.40. The van der Waals surface area contributed by atoms with Crippen molar-refractivity contribution >= 4 is 27.3 Å². The molecule has 1 saturated heterocycles. The van der Waals surface area contributed by atoms with Crippen molar-refractivity contribution in [1.82, 2.24) is 4.90 Å². The molecule has 1 aromatic carbocycles. The highest BCUT2D eigenvalue weighted by Crippen LogP contribution is 2.28. The number of hydrogen-bond acceptors (Lipinski definition) is 3. The largest absolute Gasteiger partial charge is 0.341 e. The first-order valence-electron chi connectivity index (χ1n) is 7.48. The zero-order chi connectivity index (χ0) is 17.4. The maximum absolute atomic E-state index is 13.8. The van der Waals surface area contributed by atoms with Gasteiger partial charge in [-0.15, -0.1) is 0 Å². The Labute approximate surface area is 141 Å². The van der Waals surface area contributed by atoms with Crippen molar-refractivity contribution in [2.24, 2.45) is 0 Å². The number of rotatable bonds is 3. The van der Waals surface area contributed by atoms with Crippen LogP contribution in [0.25, 0.3) is 0 Å². The first-order chi connectivity index (χ1) is 10.5. The summed E-state index contributed by atoms with van der Waals surface area (Å²) in [5, 5.41) is -0.362. The number of carbonyl (C=O) groups is 1. The van der Waals surface area contributed by atoms with Gasteiger partial charge in [-0.25, -0.2) is 12.8 Å². The zero-order valence-electron chi connectivity index (χ0n) is 13.5. The van der Waals surface area contributed by atoms with E-state index in [1.807, 2.05) is 0 Å². The summed E-state index contributed by atoms with van der Waals surface area (Å²) >= 11 is 5.93. The highest BCUT2D eigenvalue weighted by Gasteiger charge is 2.41. The molecule has 2 rings (SSSR count). The number of halogens is 2. The molecule has 1 fully saturated rings. The summed E-state index contributed by atoms with van der Waals surface area (Å²) in [5.41, 5.74) is 0.154. The number of likely N-dealkylation sites (tertiary alicyclic amines) is 1. The molecule has 1 aromatic rings. The van der Waals surface area contributed by atoms with E-state index in [0.29, 0.717) is 13.0 Å². The van der Waals surface area contributed by atoms with Crippen LogP contribution in [0.4, 0.5) is 4.39 Å². The molecule has 0 spiro atoms. The Kier molecular flexibility index (Phi) is 5.06. The third-order valence-corrected chi connectivity index (χ3v) is 7.50. The fraction of sp³-hybridized carbons (Fsp3) is 0.562. The van der Waals surface area contributed by atoms with Crippen LogP contribution in [0.2, 0.25) is 5.02 Å². The molecule has 1 atom stereocenters. The Balaban J connectivity index is 2.09. The minimum absolute atomic E-state index is 0.154. The van der Waals surface area contributed by atoms with Crippen molar-refractivity contribution in [3.63, 3.8) is 0 Å². The van der Waals surface area contributed by atoms with Gasteiger partial charge in [0, 0.05) is 23.7 Å². The van der Waals surface area contributed by atoms with Gasteiger partial charge in [-0.3, -0.25) is 4.79 Å². The molecule has 0 radical (unpaired) electrons. The van der Waals surface area contributed by atoms with Crippen molar-refractivity contribution in [3.8, 4) is 0 Å². The van der Waals surface area contributed by atoms with E-state index in [9.17, 15) is 17.6 Å². The van der Waals surface area contributed by atoms with E-state index in [1.165, 1.54) is 23.1 Å². The monoisotopic (exact) mass is 361 g/mol. The molecule has 1 amide bonds. The van der Waals surface area contributed by atoms with Gasteiger partial charge in [0.05, 0.1) is 16.4 Å². The van der Waals surface area contributed by atoms with E-state index >= 15 is 0 Å². The van der Waals surface area contributed by atoms with Crippen LogP contribution < -0.4 is 0 Å². The molecule has 23 heavy (non-hydrogen) atoms. The van der Waals surface area contributed by atoms with Gasteiger partial charge in [0.15, 0.2) is 9.84 Å². The summed E-state index contributed by atoms with van der Waals surface area (Å²) in [6.45, 7) is 5.50. The minimum Gasteiger partial charge on any atom is -0.341 e. The van der Waals surface area contributed by atoms with Gasteiger partial charge >= 0.3 is 0 Å². The minimum atomic E-state index is -3.33. The van der Waals surface area contributed by atoms with Gasteiger partial charge in [0.2, 0.25) is 5.91 Å². The Morgan fingerprint density at radius 2 is 2.04 bits per heavy atom. The molecule has 1 unspecified atom stereocenters. The topological polar surface area (TPSA) is 54.5 Å². The van der Waals surface area contributed by atoms with Gasteiger partial charge in [-0.05, 0) is 39.3 Å². The van der Waals surface area contributed by atoms with E-state index < -0.39 is 25.7 Å². The number of carbonyl (C=O) groups excluding carboxylic acids is 1. The van der Waals surface area contributed by atoms with E-state index in [0.717, 1.165) is 0 Å². The predicted octanol–water partition coefficient (Wildman–Crippen LogP) is 2.84. The SMILES string of the molecule is CC(C)(C)S(=O)(=O)C1CCN(C(=O)Cc2c(F)cccc2Cl)C1. The van der Waals surface area contributed by atoms with Crippen LogP contribution in [0.1, 0.15) is 32.8 Å². The van der Waals surface area contributed by atoms with Crippen molar-refractivity contribution in [2.75, 3.05) is 13.1 Å². The van der Waals surface area contributed by atoms with Crippen LogP contribution in [0.15, 0.2) is 18.2 Å². The lowest BCUT2D eigenvalue weighted by molar-refractivity contribution is -0.129. The lowest BCUT2D eigenvalue weighted by atomic mass is 10.1. The van der Waals surface area contributed by atoms with E-state index in [-0.39, 0.29) is 29.5 Å². The summed E-state index contributed by atoms with van der Waals surface area (Å²) < 4.78 is 37.9. The number of nitrogens with zero attached hydrogens (tertiary/aromatic N) is 1. The average Bonchev–Trinajstić information content (AvgIpc) is 2.92. The zero-order valence-corrected chi connectivity index (χ0v) is 15.0. The fourth-order valence-corrected chi connectivity index (χ4v) is 4.69.